The Morgan fingerprint density at radius 3 is 2.70 bits per heavy atom. The standard InChI is InChI=1S/C13H13BrN6/c1-7-3-10-11(4-8(7)2)20(6-17-10)12-9(14)5-16-13(18-12)19-15/h3-6H,15H2,1-2H3,(H,16,18,19). The predicted molar refractivity (Wildman–Crippen MR) is 81.6 cm³/mol. The average molecular weight is 333 g/mol. The largest absolute Gasteiger partial charge is 0.292 e. The number of nitrogens with one attached hydrogen (secondary N) is 1. The van der Waals surface area contributed by atoms with E-state index in [2.05, 4.69) is 62.3 Å². The van der Waals surface area contributed by atoms with Crippen LogP contribution in [0.4, 0.5) is 5.95 Å². The molecule has 0 saturated carbocycles. The van der Waals surface area contributed by atoms with Crippen LogP contribution in [0.3, 0.4) is 0 Å². The Morgan fingerprint density at radius 2 is 1.95 bits per heavy atom. The van der Waals surface area contributed by atoms with Crippen LogP contribution in [0.25, 0.3) is 16.9 Å². The summed E-state index contributed by atoms with van der Waals surface area (Å²) in [6.07, 6.45) is 3.40. The van der Waals surface area contributed by atoms with Crippen LogP contribution in [0.1, 0.15) is 11.1 Å². The monoisotopic (exact) mass is 332 g/mol. The number of anilines is 1. The van der Waals surface area contributed by atoms with Gasteiger partial charge in [-0.1, -0.05) is 0 Å². The van der Waals surface area contributed by atoms with Crippen LogP contribution in [0, 0.1) is 13.8 Å². The van der Waals surface area contributed by atoms with Gasteiger partial charge in [0.25, 0.3) is 0 Å². The van der Waals surface area contributed by atoms with Crippen molar-refractivity contribution in [1.29, 1.82) is 0 Å². The highest BCUT2D eigenvalue weighted by molar-refractivity contribution is 9.10. The number of aromatic nitrogens is 4. The first-order valence-electron chi connectivity index (χ1n) is 6.04. The van der Waals surface area contributed by atoms with Crippen molar-refractivity contribution < 1.29 is 0 Å². The minimum atomic E-state index is 0.355. The molecule has 3 aromatic rings. The number of hydrogen-bond acceptors (Lipinski definition) is 5. The highest BCUT2D eigenvalue weighted by Gasteiger charge is 2.11. The second-order valence-electron chi connectivity index (χ2n) is 4.55. The Balaban J connectivity index is 2.27. The fourth-order valence-electron chi connectivity index (χ4n) is 2.03. The maximum absolute atomic E-state index is 5.36. The zero-order valence-electron chi connectivity index (χ0n) is 11.1. The Bertz CT molecular complexity index is 795. The molecule has 0 amide bonds. The molecule has 1 aromatic carbocycles. The maximum Gasteiger partial charge on any atom is 0.239 e. The van der Waals surface area contributed by atoms with Crippen LogP contribution in [-0.4, -0.2) is 19.5 Å². The molecule has 0 fully saturated rings. The van der Waals surface area contributed by atoms with E-state index in [9.17, 15) is 0 Å². The lowest BCUT2D eigenvalue weighted by molar-refractivity contribution is 0.978. The number of benzene rings is 1. The van der Waals surface area contributed by atoms with Gasteiger partial charge in [0.1, 0.15) is 6.33 Å². The van der Waals surface area contributed by atoms with Gasteiger partial charge in [-0.05, 0) is 53.0 Å². The van der Waals surface area contributed by atoms with Gasteiger partial charge < -0.3 is 0 Å². The maximum atomic E-state index is 5.36. The molecule has 20 heavy (non-hydrogen) atoms. The van der Waals surface area contributed by atoms with Crippen LogP contribution in [0.5, 0.6) is 0 Å². The van der Waals surface area contributed by atoms with Crippen molar-refractivity contribution in [3.05, 3.63) is 40.3 Å². The van der Waals surface area contributed by atoms with E-state index in [-0.39, 0.29) is 0 Å². The van der Waals surface area contributed by atoms with Crippen molar-refractivity contribution in [2.75, 3.05) is 5.43 Å². The van der Waals surface area contributed by atoms with Gasteiger partial charge in [0.2, 0.25) is 5.95 Å². The highest BCUT2D eigenvalue weighted by Crippen LogP contribution is 2.25. The minimum absolute atomic E-state index is 0.355. The second kappa shape index (κ2) is 4.84. The van der Waals surface area contributed by atoms with Crippen LogP contribution < -0.4 is 11.3 Å². The molecule has 0 radical (unpaired) electrons. The molecule has 7 heteroatoms. The van der Waals surface area contributed by atoms with Crippen LogP contribution in [0.15, 0.2) is 29.1 Å². The zero-order valence-corrected chi connectivity index (χ0v) is 12.6. The zero-order chi connectivity index (χ0) is 14.3. The SMILES string of the molecule is Cc1cc2ncn(-c3nc(NN)ncc3Br)c2cc1C. The van der Waals surface area contributed by atoms with Gasteiger partial charge in [0.15, 0.2) is 5.82 Å². The number of rotatable bonds is 2. The molecule has 0 unspecified atom stereocenters. The lowest BCUT2D eigenvalue weighted by atomic mass is 10.1. The number of halogens is 1. The summed E-state index contributed by atoms with van der Waals surface area (Å²) in [4.78, 5) is 12.8. The summed E-state index contributed by atoms with van der Waals surface area (Å²) in [7, 11) is 0. The molecule has 0 saturated heterocycles. The van der Waals surface area contributed by atoms with Crippen LogP contribution in [0.2, 0.25) is 0 Å². The molecule has 2 heterocycles. The Kier molecular flexibility index (Phi) is 3.15. The molecular weight excluding hydrogens is 320 g/mol. The lowest BCUT2D eigenvalue weighted by Gasteiger charge is -2.08. The molecule has 2 aromatic heterocycles. The molecule has 0 spiro atoms. The Hall–Kier alpha value is -1.99. The third-order valence-corrected chi connectivity index (χ3v) is 3.80. The van der Waals surface area contributed by atoms with Crippen molar-refractivity contribution >= 4 is 32.9 Å². The molecule has 102 valence electrons. The highest BCUT2D eigenvalue weighted by atomic mass is 79.9. The first-order valence-corrected chi connectivity index (χ1v) is 6.83. The fraction of sp³-hybridized carbons (Fsp3) is 0.154. The van der Waals surface area contributed by atoms with Crippen LogP contribution in [-0.2, 0) is 0 Å². The number of fused-ring (bicyclic) bond motifs is 1. The van der Waals surface area contributed by atoms with Crippen LogP contribution >= 0.6 is 15.9 Å². The van der Waals surface area contributed by atoms with Gasteiger partial charge in [-0.25, -0.2) is 15.8 Å². The van der Waals surface area contributed by atoms with E-state index >= 15 is 0 Å². The number of nitrogen functional groups attached to an aromatic ring is 1. The van der Waals surface area contributed by atoms with Crippen molar-refractivity contribution in [2.45, 2.75) is 13.8 Å². The number of nitrogens with zero attached hydrogens (tertiary/aromatic N) is 4. The predicted octanol–water partition coefficient (Wildman–Crippen LogP) is 2.48. The van der Waals surface area contributed by atoms with Gasteiger partial charge in [-0.3, -0.25) is 9.99 Å². The number of nitrogens with two attached hydrogens (primary N) is 1. The normalized spacial score (nSPS) is 11.0. The van der Waals surface area contributed by atoms with E-state index < -0.39 is 0 Å². The van der Waals surface area contributed by atoms with Gasteiger partial charge in [0, 0.05) is 6.20 Å². The Morgan fingerprint density at radius 1 is 1.20 bits per heavy atom. The first kappa shape index (κ1) is 13.0. The van der Waals surface area contributed by atoms with E-state index in [0.29, 0.717) is 11.8 Å². The van der Waals surface area contributed by atoms with Crippen molar-refractivity contribution in [3.8, 4) is 5.82 Å². The van der Waals surface area contributed by atoms with E-state index in [0.717, 1.165) is 15.5 Å². The first-order chi connectivity index (χ1) is 9.60. The molecule has 0 aliphatic heterocycles. The molecule has 0 atom stereocenters. The summed E-state index contributed by atoms with van der Waals surface area (Å²) >= 11 is 3.46. The van der Waals surface area contributed by atoms with Gasteiger partial charge >= 0.3 is 0 Å². The summed E-state index contributed by atoms with van der Waals surface area (Å²) in [6, 6.07) is 4.17. The minimum Gasteiger partial charge on any atom is -0.292 e. The molecular formula is C13H13BrN6. The van der Waals surface area contributed by atoms with E-state index in [4.69, 9.17) is 5.84 Å². The number of imidazole rings is 1. The number of aryl methyl sites for hydroxylation is 2. The Labute approximate surface area is 124 Å². The summed E-state index contributed by atoms with van der Waals surface area (Å²) < 4.78 is 2.68. The second-order valence-corrected chi connectivity index (χ2v) is 5.40. The third-order valence-electron chi connectivity index (χ3n) is 3.25. The quantitative estimate of drug-likeness (QED) is 0.556. The lowest BCUT2D eigenvalue weighted by Crippen LogP contribution is -2.12. The van der Waals surface area contributed by atoms with Crippen molar-refractivity contribution in [3.63, 3.8) is 0 Å². The smallest absolute Gasteiger partial charge is 0.239 e. The average Bonchev–Trinajstić information content (AvgIpc) is 2.83. The fourth-order valence-corrected chi connectivity index (χ4v) is 2.41. The third kappa shape index (κ3) is 2.04. The van der Waals surface area contributed by atoms with E-state index in [1.807, 2.05) is 4.57 Å². The topological polar surface area (TPSA) is 81.7 Å². The van der Waals surface area contributed by atoms with Gasteiger partial charge in [-0.2, -0.15) is 4.98 Å². The van der Waals surface area contributed by atoms with Crippen molar-refractivity contribution in [1.82, 2.24) is 19.5 Å². The molecule has 0 bridgehead atoms. The number of hydrazine groups is 1. The molecule has 3 rings (SSSR count). The summed E-state index contributed by atoms with van der Waals surface area (Å²) in [6.45, 7) is 4.15. The van der Waals surface area contributed by atoms with Crippen molar-refractivity contribution in [2.24, 2.45) is 5.84 Å². The molecule has 6 nitrogen and oxygen atoms in total. The number of hydrogen-bond donors (Lipinski definition) is 2. The molecule has 0 aliphatic rings. The molecule has 0 aliphatic carbocycles. The van der Waals surface area contributed by atoms with E-state index in [1.54, 1.807) is 12.5 Å². The summed E-state index contributed by atoms with van der Waals surface area (Å²) in [5, 5.41) is 0. The summed E-state index contributed by atoms with van der Waals surface area (Å²) in [5.41, 5.74) is 6.80. The van der Waals surface area contributed by atoms with Gasteiger partial charge in [0.05, 0.1) is 15.5 Å². The van der Waals surface area contributed by atoms with E-state index in [1.165, 1.54) is 11.1 Å². The summed E-state index contributed by atoms with van der Waals surface area (Å²) in [5.74, 6) is 6.41. The molecule has 3 N–H and O–H groups in total. The van der Waals surface area contributed by atoms with Gasteiger partial charge in [-0.15, -0.1) is 0 Å².